The SMILES string of the molecule is NNC(=O)N(N)c1cnn[nH]1. The Kier molecular flexibility index (Phi) is 1.99. The van der Waals surface area contributed by atoms with Crippen molar-refractivity contribution in [3.8, 4) is 0 Å². The zero-order valence-electron chi connectivity index (χ0n) is 5.48. The van der Waals surface area contributed by atoms with E-state index >= 15 is 0 Å². The molecular weight excluding hydrogens is 150 g/mol. The van der Waals surface area contributed by atoms with Gasteiger partial charge in [0.25, 0.3) is 0 Å². The van der Waals surface area contributed by atoms with Crippen LogP contribution in [0.3, 0.4) is 0 Å². The van der Waals surface area contributed by atoms with Gasteiger partial charge in [-0.15, -0.1) is 5.10 Å². The van der Waals surface area contributed by atoms with Crippen LogP contribution < -0.4 is 22.1 Å². The lowest BCUT2D eigenvalue weighted by atomic mass is 10.7. The van der Waals surface area contributed by atoms with Crippen LogP contribution in [0.1, 0.15) is 0 Å². The number of anilines is 1. The number of urea groups is 1. The lowest BCUT2D eigenvalue weighted by Gasteiger charge is -2.11. The molecule has 8 nitrogen and oxygen atoms in total. The number of hydrogen-bond donors (Lipinski definition) is 4. The normalized spacial score (nSPS) is 9.27. The average Bonchev–Trinajstić information content (AvgIpc) is 2.53. The number of rotatable bonds is 1. The quantitative estimate of drug-likeness (QED) is 0.214. The Hall–Kier alpha value is -1.67. The fourth-order valence-corrected chi connectivity index (χ4v) is 0.488. The van der Waals surface area contributed by atoms with Crippen molar-refractivity contribution in [3.63, 3.8) is 0 Å². The zero-order valence-corrected chi connectivity index (χ0v) is 5.48. The predicted molar refractivity (Wildman–Crippen MR) is 35.8 cm³/mol. The number of nitrogens with one attached hydrogen (secondary N) is 2. The van der Waals surface area contributed by atoms with Gasteiger partial charge in [-0.1, -0.05) is 5.21 Å². The maximum absolute atomic E-state index is 10.7. The smallest absolute Gasteiger partial charge is 0.274 e. The molecule has 1 aromatic heterocycles. The van der Waals surface area contributed by atoms with Crippen molar-refractivity contribution in [1.82, 2.24) is 20.8 Å². The minimum absolute atomic E-state index is 0.257. The van der Waals surface area contributed by atoms with E-state index in [2.05, 4.69) is 15.4 Å². The molecule has 0 aliphatic carbocycles. The molecule has 0 aliphatic heterocycles. The largest absolute Gasteiger partial charge is 0.351 e. The van der Waals surface area contributed by atoms with Crippen LogP contribution in [-0.2, 0) is 0 Å². The third-order valence-corrected chi connectivity index (χ3v) is 1.00. The van der Waals surface area contributed by atoms with Gasteiger partial charge in [0.05, 0.1) is 6.20 Å². The second kappa shape index (κ2) is 2.94. The molecular formula is C3H7N7O. The highest BCUT2D eigenvalue weighted by Gasteiger charge is 2.10. The summed E-state index contributed by atoms with van der Waals surface area (Å²) in [6.07, 6.45) is 1.29. The van der Waals surface area contributed by atoms with Gasteiger partial charge < -0.3 is 0 Å². The molecule has 2 amide bonds. The van der Waals surface area contributed by atoms with E-state index in [0.29, 0.717) is 0 Å². The summed E-state index contributed by atoms with van der Waals surface area (Å²) < 4.78 is 0. The van der Waals surface area contributed by atoms with Gasteiger partial charge in [0.1, 0.15) is 0 Å². The Morgan fingerprint density at radius 1 is 1.82 bits per heavy atom. The number of hydrogen-bond acceptors (Lipinski definition) is 5. The fourth-order valence-electron chi connectivity index (χ4n) is 0.488. The van der Waals surface area contributed by atoms with Crippen LogP contribution >= 0.6 is 0 Å². The van der Waals surface area contributed by atoms with Gasteiger partial charge in [-0.25, -0.2) is 26.6 Å². The van der Waals surface area contributed by atoms with Crippen LogP contribution in [0.2, 0.25) is 0 Å². The van der Waals surface area contributed by atoms with Crippen molar-refractivity contribution in [2.45, 2.75) is 0 Å². The highest BCUT2D eigenvalue weighted by molar-refractivity contribution is 5.88. The summed E-state index contributed by atoms with van der Waals surface area (Å²) >= 11 is 0. The predicted octanol–water partition coefficient (Wildman–Crippen LogP) is -1.93. The standard InChI is InChI=1S/C3H7N7O/c4-7-3(11)10(5)2-1-6-9-8-2/h1H,4-5H2,(H,7,11)(H,6,8,9). The number of hydrazine groups is 2. The molecule has 0 aromatic carbocycles. The summed E-state index contributed by atoms with van der Waals surface area (Å²) in [6, 6.07) is -0.656. The second-order valence-corrected chi connectivity index (χ2v) is 1.66. The summed E-state index contributed by atoms with van der Waals surface area (Å²) in [5.41, 5.74) is 1.84. The number of nitrogens with zero attached hydrogens (tertiary/aromatic N) is 3. The van der Waals surface area contributed by atoms with Crippen molar-refractivity contribution in [3.05, 3.63) is 6.20 Å². The number of H-pyrrole nitrogens is 1. The molecule has 0 atom stereocenters. The first-order valence-electron chi connectivity index (χ1n) is 2.67. The molecule has 1 heterocycles. The minimum Gasteiger partial charge on any atom is -0.274 e. The number of carbonyl (C=O) groups excluding carboxylic acids is 1. The molecule has 60 valence electrons. The molecule has 0 saturated carbocycles. The van der Waals surface area contributed by atoms with E-state index in [0.717, 1.165) is 5.01 Å². The lowest BCUT2D eigenvalue weighted by molar-refractivity contribution is 0.246. The Morgan fingerprint density at radius 3 is 3.00 bits per heavy atom. The summed E-state index contributed by atoms with van der Waals surface area (Å²) in [6.45, 7) is 0. The molecule has 1 aromatic rings. The summed E-state index contributed by atoms with van der Waals surface area (Å²) in [4.78, 5) is 10.7. The van der Waals surface area contributed by atoms with Crippen molar-refractivity contribution >= 4 is 11.8 Å². The molecule has 0 saturated heterocycles. The van der Waals surface area contributed by atoms with E-state index in [9.17, 15) is 4.79 Å². The molecule has 1 rings (SSSR count). The second-order valence-electron chi connectivity index (χ2n) is 1.66. The Bertz CT molecular complexity index is 230. The van der Waals surface area contributed by atoms with E-state index in [4.69, 9.17) is 11.7 Å². The van der Waals surface area contributed by atoms with Crippen LogP contribution in [0, 0.1) is 0 Å². The number of carbonyl (C=O) groups is 1. The maximum Gasteiger partial charge on any atom is 0.351 e. The molecule has 11 heavy (non-hydrogen) atoms. The Balaban J connectivity index is 2.70. The third-order valence-electron chi connectivity index (χ3n) is 1.00. The molecule has 0 aliphatic rings. The van der Waals surface area contributed by atoms with Gasteiger partial charge in [-0.05, 0) is 0 Å². The van der Waals surface area contributed by atoms with Crippen LogP contribution in [0.4, 0.5) is 10.6 Å². The molecule has 0 fully saturated rings. The van der Waals surface area contributed by atoms with Crippen LogP contribution in [0.5, 0.6) is 0 Å². The Morgan fingerprint density at radius 2 is 2.55 bits per heavy atom. The summed E-state index contributed by atoms with van der Waals surface area (Å²) in [5, 5.41) is 9.88. The number of aromatic amines is 1. The van der Waals surface area contributed by atoms with E-state index in [1.165, 1.54) is 6.20 Å². The first-order valence-corrected chi connectivity index (χ1v) is 2.67. The maximum atomic E-state index is 10.7. The fraction of sp³-hybridized carbons (Fsp3) is 0. The van der Waals surface area contributed by atoms with Crippen LogP contribution in [0.15, 0.2) is 6.20 Å². The van der Waals surface area contributed by atoms with Crippen LogP contribution in [0.25, 0.3) is 0 Å². The molecule has 8 heteroatoms. The number of amides is 2. The van der Waals surface area contributed by atoms with E-state index in [1.54, 1.807) is 0 Å². The van der Waals surface area contributed by atoms with E-state index in [-0.39, 0.29) is 5.82 Å². The van der Waals surface area contributed by atoms with Crippen molar-refractivity contribution < 1.29 is 4.79 Å². The molecule has 6 N–H and O–H groups in total. The molecule has 0 unspecified atom stereocenters. The first kappa shape index (κ1) is 7.44. The van der Waals surface area contributed by atoms with Gasteiger partial charge in [-0.3, -0.25) is 5.43 Å². The van der Waals surface area contributed by atoms with Crippen molar-refractivity contribution in [2.75, 3.05) is 5.01 Å². The lowest BCUT2D eigenvalue weighted by Crippen LogP contribution is -2.47. The first-order chi connectivity index (χ1) is 5.25. The van der Waals surface area contributed by atoms with Gasteiger partial charge in [-0.2, -0.15) is 0 Å². The molecule has 0 spiro atoms. The third kappa shape index (κ3) is 1.42. The van der Waals surface area contributed by atoms with E-state index in [1.807, 2.05) is 5.43 Å². The molecule has 0 radical (unpaired) electrons. The highest BCUT2D eigenvalue weighted by atomic mass is 16.2. The average molecular weight is 157 g/mol. The van der Waals surface area contributed by atoms with Gasteiger partial charge >= 0.3 is 6.03 Å². The monoisotopic (exact) mass is 157 g/mol. The topological polar surface area (TPSA) is 126 Å². The minimum atomic E-state index is -0.656. The molecule has 0 bridgehead atoms. The van der Waals surface area contributed by atoms with Crippen molar-refractivity contribution in [1.29, 1.82) is 0 Å². The summed E-state index contributed by atoms with van der Waals surface area (Å²) in [5.74, 6) is 10.3. The number of nitrogens with two attached hydrogens (primary N) is 2. The van der Waals surface area contributed by atoms with Crippen LogP contribution in [-0.4, -0.2) is 21.4 Å². The van der Waals surface area contributed by atoms with Gasteiger partial charge in [0.15, 0.2) is 5.82 Å². The van der Waals surface area contributed by atoms with E-state index < -0.39 is 6.03 Å². The van der Waals surface area contributed by atoms with Gasteiger partial charge in [0.2, 0.25) is 0 Å². The highest BCUT2D eigenvalue weighted by Crippen LogP contribution is 1.99. The number of aromatic nitrogens is 3. The summed E-state index contributed by atoms with van der Waals surface area (Å²) in [7, 11) is 0. The van der Waals surface area contributed by atoms with Crippen molar-refractivity contribution in [2.24, 2.45) is 11.7 Å². The zero-order chi connectivity index (χ0) is 8.27. The van der Waals surface area contributed by atoms with Gasteiger partial charge in [0, 0.05) is 0 Å². The Labute approximate surface area is 61.5 Å².